The van der Waals surface area contributed by atoms with Crippen LogP contribution in [0.25, 0.3) is 23.1 Å². The third-order valence-electron chi connectivity index (χ3n) is 6.53. The minimum absolute atomic E-state index is 0.0103. The SMILES string of the molecule is CN1CCN(C(=O)c2cc(NC(=O)c3ccc(/C=C/c4cnc5ccccc5c4)cc3)cn2C)CC1. The van der Waals surface area contributed by atoms with Crippen molar-refractivity contribution in [1.29, 1.82) is 0 Å². The minimum Gasteiger partial charge on any atom is -0.344 e. The van der Waals surface area contributed by atoms with Crippen LogP contribution in [0.1, 0.15) is 32.0 Å². The molecule has 182 valence electrons. The maximum Gasteiger partial charge on any atom is 0.270 e. The maximum absolute atomic E-state index is 12.9. The van der Waals surface area contributed by atoms with Crippen molar-refractivity contribution in [2.24, 2.45) is 7.05 Å². The Morgan fingerprint density at radius 1 is 0.889 bits per heavy atom. The lowest BCUT2D eigenvalue weighted by molar-refractivity contribution is 0.0654. The van der Waals surface area contributed by atoms with Gasteiger partial charge in [-0.05, 0) is 48.5 Å². The molecule has 0 aliphatic carbocycles. The average Bonchev–Trinajstić information content (AvgIpc) is 3.27. The Balaban J connectivity index is 1.22. The fourth-order valence-electron chi connectivity index (χ4n) is 4.34. The van der Waals surface area contributed by atoms with E-state index in [4.69, 9.17) is 0 Å². The molecule has 0 bridgehead atoms. The zero-order chi connectivity index (χ0) is 25.1. The van der Waals surface area contributed by atoms with Crippen LogP contribution in [0, 0.1) is 0 Å². The van der Waals surface area contributed by atoms with Crippen molar-refractivity contribution in [1.82, 2.24) is 19.4 Å². The summed E-state index contributed by atoms with van der Waals surface area (Å²) in [5.41, 5.74) is 4.70. The van der Waals surface area contributed by atoms with Crippen molar-refractivity contribution in [3.8, 4) is 0 Å². The van der Waals surface area contributed by atoms with E-state index in [-0.39, 0.29) is 11.8 Å². The quantitative estimate of drug-likeness (QED) is 0.461. The van der Waals surface area contributed by atoms with Gasteiger partial charge in [0.05, 0.1) is 11.2 Å². The number of para-hydroxylation sites is 1. The van der Waals surface area contributed by atoms with E-state index in [1.165, 1.54) is 0 Å². The number of fused-ring (bicyclic) bond motifs is 1. The first-order valence-electron chi connectivity index (χ1n) is 12.0. The number of nitrogens with zero attached hydrogens (tertiary/aromatic N) is 4. The van der Waals surface area contributed by atoms with Gasteiger partial charge in [0.25, 0.3) is 11.8 Å². The highest BCUT2D eigenvalue weighted by Crippen LogP contribution is 2.18. The normalized spacial score (nSPS) is 14.4. The number of anilines is 1. The van der Waals surface area contributed by atoms with E-state index in [9.17, 15) is 9.59 Å². The molecular formula is C29H29N5O2. The van der Waals surface area contributed by atoms with Gasteiger partial charge in [0.1, 0.15) is 5.69 Å². The zero-order valence-electron chi connectivity index (χ0n) is 20.5. The van der Waals surface area contributed by atoms with Gasteiger partial charge in [-0.15, -0.1) is 0 Å². The maximum atomic E-state index is 12.9. The van der Waals surface area contributed by atoms with Gasteiger partial charge in [-0.3, -0.25) is 14.6 Å². The summed E-state index contributed by atoms with van der Waals surface area (Å²) in [4.78, 5) is 34.3. The number of rotatable bonds is 5. The van der Waals surface area contributed by atoms with Crippen molar-refractivity contribution < 1.29 is 9.59 Å². The molecule has 36 heavy (non-hydrogen) atoms. The van der Waals surface area contributed by atoms with Crippen LogP contribution in [0.5, 0.6) is 0 Å². The number of carbonyl (C=O) groups excluding carboxylic acids is 2. The molecule has 3 heterocycles. The molecule has 1 aliphatic rings. The highest BCUT2D eigenvalue weighted by molar-refractivity contribution is 6.05. The Bertz CT molecular complexity index is 1430. The van der Waals surface area contributed by atoms with Gasteiger partial charge in [0, 0.05) is 56.6 Å². The first kappa shape index (κ1) is 23.5. The lowest BCUT2D eigenvalue weighted by Gasteiger charge is -2.32. The molecule has 0 atom stereocenters. The van der Waals surface area contributed by atoms with E-state index in [1.807, 2.05) is 66.7 Å². The number of pyridine rings is 1. The summed E-state index contributed by atoms with van der Waals surface area (Å²) in [7, 11) is 3.88. The van der Waals surface area contributed by atoms with E-state index < -0.39 is 0 Å². The number of likely N-dealkylation sites (N-methyl/N-ethyl adjacent to an activating group) is 1. The molecule has 0 unspecified atom stereocenters. The molecule has 5 rings (SSSR count). The zero-order valence-corrected chi connectivity index (χ0v) is 20.5. The second-order valence-corrected chi connectivity index (χ2v) is 9.19. The van der Waals surface area contributed by atoms with Gasteiger partial charge in [0.2, 0.25) is 0 Å². The lowest BCUT2D eigenvalue weighted by atomic mass is 10.1. The van der Waals surface area contributed by atoms with E-state index in [0.717, 1.165) is 35.1 Å². The monoisotopic (exact) mass is 479 g/mol. The van der Waals surface area contributed by atoms with Gasteiger partial charge < -0.3 is 19.7 Å². The molecule has 1 aliphatic heterocycles. The first-order chi connectivity index (χ1) is 17.5. The van der Waals surface area contributed by atoms with Crippen LogP contribution in [0.4, 0.5) is 5.69 Å². The number of hydrogen-bond donors (Lipinski definition) is 1. The Morgan fingerprint density at radius 2 is 1.61 bits per heavy atom. The van der Waals surface area contributed by atoms with E-state index >= 15 is 0 Å². The van der Waals surface area contributed by atoms with Gasteiger partial charge in [0.15, 0.2) is 0 Å². The Labute approximate surface area is 210 Å². The number of nitrogens with one attached hydrogen (secondary N) is 1. The van der Waals surface area contributed by atoms with Crippen molar-refractivity contribution in [2.75, 3.05) is 38.5 Å². The van der Waals surface area contributed by atoms with Crippen LogP contribution in [-0.4, -0.2) is 64.4 Å². The first-order valence-corrected chi connectivity index (χ1v) is 12.0. The molecule has 1 N–H and O–H groups in total. The van der Waals surface area contributed by atoms with Crippen molar-refractivity contribution in [2.45, 2.75) is 0 Å². The van der Waals surface area contributed by atoms with Crippen LogP contribution in [0.3, 0.4) is 0 Å². The van der Waals surface area contributed by atoms with Crippen LogP contribution >= 0.6 is 0 Å². The molecule has 7 heteroatoms. The fraction of sp³-hybridized carbons (Fsp3) is 0.207. The number of aromatic nitrogens is 2. The summed E-state index contributed by atoms with van der Waals surface area (Å²) in [6.07, 6.45) is 7.64. The Morgan fingerprint density at radius 3 is 2.39 bits per heavy atom. The molecule has 0 saturated carbocycles. The molecule has 2 aromatic carbocycles. The van der Waals surface area contributed by atoms with Gasteiger partial charge in [-0.25, -0.2) is 0 Å². The number of aryl methyl sites for hydroxylation is 1. The smallest absolute Gasteiger partial charge is 0.270 e. The van der Waals surface area contributed by atoms with E-state index in [0.29, 0.717) is 30.0 Å². The standard InChI is InChI=1S/C29H29N5O2/c1-32-13-15-34(16-14-32)29(36)27-18-25(20-33(27)2)31-28(35)23-11-9-21(10-12-23)7-8-22-17-24-5-3-4-6-26(24)30-19-22/h3-12,17-20H,13-16H2,1-2H3,(H,31,35)/b8-7+. The second-order valence-electron chi connectivity index (χ2n) is 9.19. The fourth-order valence-corrected chi connectivity index (χ4v) is 4.34. The molecule has 0 radical (unpaired) electrons. The van der Waals surface area contributed by atoms with E-state index in [1.54, 1.807) is 29.0 Å². The molecule has 2 amide bonds. The number of piperazine rings is 1. The predicted molar refractivity (Wildman–Crippen MR) is 144 cm³/mol. The predicted octanol–water partition coefficient (Wildman–Crippen LogP) is 4.38. The van der Waals surface area contributed by atoms with Crippen molar-refractivity contribution >= 4 is 40.6 Å². The topological polar surface area (TPSA) is 70.5 Å². The van der Waals surface area contributed by atoms with Gasteiger partial charge in [-0.2, -0.15) is 0 Å². The third kappa shape index (κ3) is 5.21. The number of carbonyl (C=O) groups is 2. The lowest BCUT2D eigenvalue weighted by Crippen LogP contribution is -2.47. The number of amides is 2. The average molecular weight is 480 g/mol. The Hall–Kier alpha value is -4.23. The molecule has 1 fully saturated rings. The summed E-state index contributed by atoms with van der Waals surface area (Å²) in [5, 5.41) is 4.01. The summed E-state index contributed by atoms with van der Waals surface area (Å²) in [6, 6.07) is 19.3. The van der Waals surface area contributed by atoms with Gasteiger partial charge >= 0.3 is 0 Å². The largest absolute Gasteiger partial charge is 0.344 e. The van der Waals surface area contributed by atoms with Crippen molar-refractivity contribution in [3.05, 3.63) is 95.4 Å². The molecule has 1 saturated heterocycles. The third-order valence-corrected chi connectivity index (χ3v) is 6.53. The molecule has 0 spiro atoms. The Kier molecular flexibility index (Phi) is 6.64. The highest BCUT2D eigenvalue weighted by atomic mass is 16.2. The summed E-state index contributed by atoms with van der Waals surface area (Å²) in [5.74, 6) is -0.225. The van der Waals surface area contributed by atoms with E-state index in [2.05, 4.69) is 28.3 Å². The molecular weight excluding hydrogens is 450 g/mol. The van der Waals surface area contributed by atoms with Crippen molar-refractivity contribution in [3.63, 3.8) is 0 Å². The molecule has 7 nitrogen and oxygen atoms in total. The summed E-state index contributed by atoms with van der Waals surface area (Å²) < 4.78 is 1.77. The number of hydrogen-bond acceptors (Lipinski definition) is 4. The molecule has 2 aromatic heterocycles. The van der Waals surface area contributed by atoms with Crippen LogP contribution < -0.4 is 5.32 Å². The second kappa shape index (κ2) is 10.2. The highest BCUT2D eigenvalue weighted by Gasteiger charge is 2.23. The van der Waals surface area contributed by atoms with Gasteiger partial charge in [-0.1, -0.05) is 42.5 Å². The molecule has 4 aromatic rings. The summed E-state index contributed by atoms with van der Waals surface area (Å²) in [6.45, 7) is 3.15. The van der Waals surface area contributed by atoms with Crippen LogP contribution in [0.15, 0.2) is 73.1 Å². The van der Waals surface area contributed by atoms with Crippen LogP contribution in [-0.2, 0) is 7.05 Å². The minimum atomic E-state index is -0.214. The summed E-state index contributed by atoms with van der Waals surface area (Å²) >= 11 is 0. The van der Waals surface area contributed by atoms with Crippen LogP contribution in [0.2, 0.25) is 0 Å². The number of benzene rings is 2.